The summed E-state index contributed by atoms with van der Waals surface area (Å²) in [6.45, 7) is 0. The lowest BCUT2D eigenvalue weighted by atomic mass is 9.99. The monoisotopic (exact) mass is 547 g/mol. The molecule has 5 heteroatoms. The predicted octanol–water partition coefficient (Wildman–Crippen LogP) is 9.13. The summed E-state index contributed by atoms with van der Waals surface area (Å²) in [6, 6.07) is 49.7. The number of benzene rings is 6. The third-order valence-corrected chi connectivity index (χ3v) is 7.45. The quantitative estimate of drug-likeness (QED) is 0.214. The van der Waals surface area contributed by atoms with E-state index in [0.29, 0.717) is 22.3 Å². The molecule has 0 amide bonds. The Labute approximate surface area is 249 Å². The molecule has 0 spiro atoms. The molecule has 0 N–H and O–H groups in total. The van der Waals surface area contributed by atoms with E-state index in [1.165, 1.54) is 0 Å². The van der Waals surface area contributed by atoms with Crippen molar-refractivity contribution in [2.24, 2.45) is 0 Å². The van der Waals surface area contributed by atoms with E-state index >= 15 is 0 Å². The topological polar surface area (TPSA) is 98.4 Å². The molecule has 198 valence electrons. The van der Waals surface area contributed by atoms with Crippen molar-refractivity contribution in [3.63, 3.8) is 0 Å². The van der Waals surface area contributed by atoms with Gasteiger partial charge in [0.05, 0.1) is 27.9 Å². The molecule has 0 heterocycles. The SMILES string of the molecule is N#Cc1ccc(-c2ccc(N(c3ccc(-c4ccc(C#N)c(C#N)c4)cc3)c3cccc4ccccc34)cc2)cc1C#N. The van der Waals surface area contributed by atoms with Crippen LogP contribution in [0.15, 0.2) is 127 Å². The van der Waals surface area contributed by atoms with Crippen molar-refractivity contribution >= 4 is 27.8 Å². The van der Waals surface area contributed by atoms with Crippen LogP contribution >= 0.6 is 0 Å². The van der Waals surface area contributed by atoms with Crippen LogP contribution in [-0.4, -0.2) is 0 Å². The Bertz CT molecular complexity index is 2040. The number of hydrogen-bond acceptors (Lipinski definition) is 5. The Morgan fingerprint density at radius 1 is 0.395 bits per heavy atom. The maximum atomic E-state index is 9.48. The highest BCUT2D eigenvalue weighted by molar-refractivity contribution is 5.99. The standard InChI is InChI=1S/C38H21N5/c39-22-31-10-8-29(20-33(31)24-41)26-12-16-35(17-13-26)43(38-7-3-5-28-4-1-2-6-37(28)38)36-18-14-27(15-19-36)30-9-11-32(23-40)34(21-30)25-42/h1-21H. The van der Waals surface area contributed by atoms with Crippen molar-refractivity contribution in [2.75, 3.05) is 4.90 Å². The number of rotatable bonds is 5. The number of nitrogens with zero attached hydrogens (tertiary/aromatic N) is 5. The molecule has 0 aliphatic rings. The third-order valence-electron chi connectivity index (χ3n) is 7.45. The maximum Gasteiger partial charge on any atom is 0.101 e. The fraction of sp³-hybridized carbons (Fsp3) is 0. The summed E-state index contributed by atoms with van der Waals surface area (Å²) in [5.41, 5.74) is 7.95. The summed E-state index contributed by atoms with van der Waals surface area (Å²) < 4.78 is 0. The van der Waals surface area contributed by atoms with Crippen molar-refractivity contribution in [3.05, 3.63) is 150 Å². The fourth-order valence-corrected chi connectivity index (χ4v) is 5.26. The fourth-order valence-electron chi connectivity index (χ4n) is 5.26. The van der Waals surface area contributed by atoms with Gasteiger partial charge >= 0.3 is 0 Å². The molecular weight excluding hydrogens is 526 g/mol. The first-order valence-corrected chi connectivity index (χ1v) is 13.5. The van der Waals surface area contributed by atoms with Gasteiger partial charge in [-0.2, -0.15) is 21.0 Å². The average Bonchev–Trinajstić information content (AvgIpc) is 3.08. The molecule has 6 aromatic rings. The molecule has 5 nitrogen and oxygen atoms in total. The first-order valence-electron chi connectivity index (χ1n) is 13.5. The smallest absolute Gasteiger partial charge is 0.101 e. The summed E-state index contributed by atoms with van der Waals surface area (Å²) in [5.74, 6) is 0. The highest BCUT2D eigenvalue weighted by atomic mass is 15.1. The highest BCUT2D eigenvalue weighted by Gasteiger charge is 2.16. The van der Waals surface area contributed by atoms with Crippen LogP contribution in [0.5, 0.6) is 0 Å². The zero-order valence-electron chi connectivity index (χ0n) is 22.9. The number of anilines is 3. The normalized spacial score (nSPS) is 10.2. The van der Waals surface area contributed by atoms with Gasteiger partial charge in [0.1, 0.15) is 24.3 Å². The van der Waals surface area contributed by atoms with Crippen LogP contribution in [0.4, 0.5) is 17.1 Å². The van der Waals surface area contributed by atoms with Crippen molar-refractivity contribution in [1.82, 2.24) is 0 Å². The summed E-state index contributed by atoms with van der Waals surface area (Å²) in [4.78, 5) is 2.20. The van der Waals surface area contributed by atoms with E-state index < -0.39 is 0 Å². The van der Waals surface area contributed by atoms with Gasteiger partial charge in [-0.3, -0.25) is 0 Å². The van der Waals surface area contributed by atoms with Gasteiger partial charge in [-0.15, -0.1) is 0 Å². The minimum atomic E-state index is 0.353. The van der Waals surface area contributed by atoms with E-state index in [4.69, 9.17) is 0 Å². The number of nitriles is 4. The van der Waals surface area contributed by atoms with E-state index in [0.717, 1.165) is 50.1 Å². The van der Waals surface area contributed by atoms with Gasteiger partial charge in [-0.1, -0.05) is 72.8 Å². The van der Waals surface area contributed by atoms with E-state index in [1.54, 1.807) is 24.3 Å². The Hall–Kier alpha value is -6.66. The Kier molecular flexibility index (Phi) is 7.07. The van der Waals surface area contributed by atoms with Gasteiger partial charge in [-0.05, 0) is 82.2 Å². The molecule has 0 saturated carbocycles. The summed E-state index contributed by atoms with van der Waals surface area (Å²) in [6.07, 6.45) is 0. The van der Waals surface area contributed by atoms with E-state index in [2.05, 4.69) is 77.7 Å². The predicted molar refractivity (Wildman–Crippen MR) is 168 cm³/mol. The second-order valence-corrected chi connectivity index (χ2v) is 9.90. The van der Waals surface area contributed by atoms with Crippen LogP contribution in [-0.2, 0) is 0 Å². The van der Waals surface area contributed by atoms with E-state index in [-0.39, 0.29) is 0 Å². The summed E-state index contributed by atoms with van der Waals surface area (Å²) in [7, 11) is 0. The van der Waals surface area contributed by atoms with Crippen LogP contribution in [0.2, 0.25) is 0 Å². The van der Waals surface area contributed by atoms with Gasteiger partial charge in [0, 0.05) is 16.8 Å². The number of hydrogen-bond donors (Lipinski definition) is 0. The van der Waals surface area contributed by atoms with Crippen molar-refractivity contribution < 1.29 is 0 Å². The molecule has 6 aromatic carbocycles. The molecule has 0 unspecified atom stereocenters. The van der Waals surface area contributed by atoms with Crippen molar-refractivity contribution in [1.29, 1.82) is 21.0 Å². The average molecular weight is 548 g/mol. The highest BCUT2D eigenvalue weighted by Crippen LogP contribution is 2.40. The Morgan fingerprint density at radius 2 is 0.837 bits per heavy atom. The van der Waals surface area contributed by atoms with Crippen molar-refractivity contribution in [2.45, 2.75) is 0 Å². The van der Waals surface area contributed by atoms with Gasteiger partial charge in [-0.25, -0.2) is 0 Å². The summed E-state index contributed by atoms with van der Waals surface area (Å²) >= 11 is 0. The first-order chi connectivity index (χ1) is 21.1. The van der Waals surface area contributed by atoms with Gasteiger partial charge in [0.15, 0.2) is 0 Å². The molecule has 0 bridgehead atoms. The lowest BCUT2D eigenvalue weighted by Gasteiger charge is -2.27. The van der Waals surface area contributed by atoms with Crippen LogP contribution in [0.3, 0.4) is 0 Å². The lowest BCUT2D eigenvalue weighted by Crippen LogP contribution is -2.10. The molecule has 0 atom stereocenters. The Balaban J connectivity index is 1.44. The third kappa shape index (κ3) is 5.03. The van der Waals surface area contributed by atoms with Gasteiger partial charge < -0.3 is 4.90 Å². The molecule has 43 heavy (non-hydrogen) atoms. The molecule has 0 radical (unpaired) electrons. The van der Waals surface area contributed by atoms with E-state index in [9.17, 15) is 21.0 Å². The lowest BCUT2D eigenvalue weighted by molar-refractivity contribution is 1.30. The minimum Gasteiger partial charge on any atom is -0.310 e. The zero-order chi connectivity index (χ0) is 29.8. The molecule has 6 rings (SSSR count). The molecule has 0 saturated heterocycles. The van der Waals surface area contributed by atoms with Crippen LogP contribution in [0.1, 0.15) is 22.3 Å². The summed E-state index contributed by atoms with van der Waals surface area (Å²) in [5, 5.41) is 39.8. The van der Waals surface area contributed by atoms with Gasteiger partial charge in [0.2, 0.25) is 0 Å². The molecule has 0 aliphatic carbocycles. The van der Waals surface area contributed by atoms with Crippen LogP contribution < -0.4 is 4.90 Å². The number of fused-ring (bicyclic) bond motifs is 1. The molecular formula is C38H21N5. The molecule has 0 fully saturated rings. The van der Waals surface area contributed by atoms with Crippen molar-refractivity contribution in [3.8, 4) is 46.5 Å². The Morgan fingerprint density at radius 3 is 1.33 bits per heavy atom. The molecule has 0 aliphatic heterocycles. The maximum absolute atomic E-state index is 9.48. The second kappa shape index (κ2) is 11.4. The zero-order valence-corrected chi connectivity index (χ0v) is 22.9. The first kappa shape index (κ1) is 26.6. The van der Waals surface area contributed by atoms with Crippen LogP contribution in [0, 0.1) is 45.3 Å². The largest absolute Gasteiger partial charge is 0.310 e. The second-order valence-electron chi connectivity index (χ2n) is 9.90. The van der Waals surface area contributed by atoms with Gasteiger partial charge in [0.25, 0.3) is 0 Å². The minimum absolute atomic E-state index is 0.353. The van der Waals surface area contributed by atoms with E-state index in [1.807, 2.05) is 54.6 Å². The molecule has 0 aromatic heterocycles. The van der Waals surface area contributed by atoms with Crippen LogP contribution in [0.25, 0.3) is 33.0 Å².